The summed E-state index contributed by atoms with van der Waals surface area (Å²) in [5, 5.41) is 8.90. The number of nitrogens with zero attached hydrogens (tertiary/aromatic N) is 3. The highest BCUT2D eigenvalue weighted by Gasteiger charge is 2.16. The maximum absolute atomic E-state index is 13.6. The molecule has 5 nitrogen and oxygen atoms in total. The quantitative estimate of drug-likeness (QED) is 0.604. The van der Waals surface area contributed by atoms with E-state index in [1.54, 1.807) is 12.1 Å². The van der Waals surface area contributed by atoms with E-state index in [9.17, 15) is 8.78 Å². The van der Waals surface area contributed by atoms with Crippen molar-refractivity contribution in [1.29, 1.82) is 5.26 Å². The predicted molar refractivity (Wildman–Crippen MR) is 106 cm³/mol. The van der Waals surface area contributed by atoms with Crippen LogP contribution in [0.2, 0.25) is 0 Å². The molecule has 29 heavy (non-hydrogen) atoms. The fourth-order valence-corrected chi connectivity index (χ4v) is 3.25. The van der Waals surface area contributed by atoms with Crippen molar-refractivity contribution in [1.82, 2.24) is 9.80 Å². The third kappa shape index (κ3) is 6.70. The summed E-state index contributed by atoms with van der Waals surface area (Å²) in [5.74, 6) is -0.458. The van der Waals surface area contributed by atoms with Crippen LogP contribution in [0.3, 0.4) is 0 Å². The zero-order valence-corrected chi connectivity index (χ0v) is 16.3. The Kier molecular flexibility index (Phi) is 7.79. The summed E-state index contributed by atoms with van der Waals surface area (Å²) in [7, 11) is 0. The van der Waals surface area contributed by atoms with Crippen molar-refractivity contribution >= 4 is 0 Å². The summed E-state index contributed by atoms with van der Waals surface area (Å²) in [5.41, 5.74) is 0.602. The van der Waals surface area contributed by atoms with E-state index in [1.807, 2.05) is 12.1 Å². The summed E-state index contributed by atoms with van der Waals surface area (Å²) in [6.45, 7) is 6.46. The van der Waals surface area contributed by atoms with Crippen molar-refractivity contribution in [3.05, 3.63) is 59.7 Å². The average molecular weight is 401 g/mol. The molecule has 0 bridgehead atoms. The van der Waals surface area contributed by atoms with Gasteiger partial charge in [0.15, 0.2) is 11.6 Å². The molecule has 1 heterocycles. The van der Waals surface area contributed by atoms with Crippen LogP contribution < -0.4 is 9.47 Å². The monoisotopic (exact) mass is 401 g/mol. The molecule has 0 amide bonds. The number of halogens is 2. The Balaban J connectivity index is 1.28. The lowest BCUT2D eigenvalue weighted by Gasteiger charge is -2.34. The Morgan fingerprint density at radius 2 is 1.66 bits per heavy atom. The Labute approximate surface area is 170 Å². The van der Waals surface area contributed by atoms with E-state index in [-0.39, 0.29) is 5.75 Å². The zero-order chi connectivity index (χ0) is 20.5. The van der Waals surface area contributed by atoms with Crippen LogP contribution in [0, 0.1) is 23.0 Å². The highest BCUT2D eigenvalue weighted by Crippen LogP contribution is 2.17. The topological polar surface area (TPSA) is 48.7 Å². The van der Waals surface area contributed by atoms with E-state index in [0.717, 1.165) is 51.0 Å². The third-order valence-corrected chi connectivity index (χ3v) is 4.87. The van der Waals surface area contributed by atoms with E-state index in [0.29, 0.717) is 25.3 Å². The maximum Gasteiger partial charge on any atom is 0.167 e. The van der Waals surface area contributed by atoms with Gasteiger partial charge in [-0.3, -0.25) is 4.90 Å². The molecule has 2 aromatic rings. The lowest BCUT2D eigenvalue weighted by Crippen LogP contribution is -2.47. The fourth-order valence-electron chi connectivity index (χ4n) is 3.25. The second-order valence-corrected chi connectivity index (χ2v) is 6.95. The lowest BCUT2D eigenvalue weighted by atomic mass is 10.2. The van der Waals surface area contributed by atoms with Crippen LogP contribution in [0.5, 0.6) is 11.5 Å². The van der Waals surface area contributed by atoms with Crippen LogP contribution in [0.4, 0.5) is 8.78 Å². The van der Waals surface area contributed by atoms with Crippen molar-refractivity contribution in [2.75, 3.05) is 52.5 Å². The van der Waals surface area contributed by atoms with Gasteiger partial charge in [-0.25, -0.2) is 8.78 Å². The minimum absolute atomic E-state index is 0.0883. The van der Waals surface area contributed by atoms with Gasteiger partial charge in [0.2, 0.25) is 0 Å². The third-order valence-electron chi connectivity index (χ3n) is 4.87. The van der Waals surface area contributed by atoms with E-state index in [2.05, 4.69) is 15.9 Å². The normalized spacial score (nSPS) is 15.1. The number of benzene rings is 2. The van der Waals surface area contributed by atoms with E-state index in [4.69, 9.17) is 14.7 Å². The summed E-state index contributed by atoms with van der Waals surface area (Å²) < 4.78 is 37.6. The smallest absolute Gasteiger partial charge is 0.167 e. The van der Waals surface area contributed by atoms with E-state index >= 15 is 0 Å². The Hall–Kier alpha value is -2.69. The summed E-state index contributed by atoms with van der Waals surface area (Å²) in [6.07, 6.45) is 0.920. The van der Waals surface area contributed by atoms with Gasteiger partial charge in [0.05, 0.1) is 18.2 Å². The van der Waals surface area contributed by atoms with Gasteiger partial charge in [0.1, 0.15) is 18.2 Å². The van der Waals surface area contributed by atoms with Crippen molar-refractivity contribution in [3.63, 3.8) is 0 Å². The van der Waals surface area contributed by atoms with E-state index < -0.39 is 11.6 Å². The SMILES string of the molecule is N#Cc1cccc(OCCCN2CCN(CCOc3ccc(F)cc3F)CC2)c1. The van der Waals surface area contributed by atoms with Gasteiger partial charge < -0.3 is 14.4 Å². The van der Waals surface area contributed by atoms with Gasteiger partial charge in [0, 0.05) is 45.3 Å². The first-order valence-corrected chi connectivity index (χ1v) is 9.79. The first kappa shape index (κ1) is 21.0. The van der Waals surface area contributed by atoms with Gasteiger partial charge in [-0.1, -0.05) is 6.07 Å². The molecule has 0 radical (unpaired) electrons. The van der Waals surface area contributed by atoms with Crippen molar-refractivity contribution in [2.24, 2.45) is 0 Å². The largest absolute Gasteiger partial charge is 0.494 e. The molecule has 0 aliphatic carbocycles. The molecule has 0 spiro atoms. The van der Waals surface area contributed by atoms with Gasteiger partial charge in [-0.15, -0.1) is 0 Å². The van der Waals surface area contributed by atoms with Crippen molar-refractivity contribution < 1.29 is 18.3 Å². The summed E-state index contributed by atoms with van der Waals surface area (Å²) >= 11 is 0. The molecule has 0 atom stereocenters. The number of hydrogen-bond acceptors (Lipinski definition) is 5. The predicted octanol–water partition coefficient (Wildman–Crippen LogP) is 3.30. The second kappa shape index (κ2) is 10.7. The molecule has 0 saturated carbocycles. The Morgan fingerprint density at radius 3 is 2.38 bits per heavy atom. The maximum atomic E-state index is 13.6. The molecule has 1 aliphatic rings. The number of ether oxygens (including phenoxy) is 2. The first-order valence-electron chi connectivity index (χ1n) is 9.79. The van der Waals surface area contributed by atoms with Gasteiger partial charge in [0.25, 0.3) is 0 Å². The highest BCUT2D eigenvalue weighted by atomic mass is 19.1. The van der Waals surface area contributed by atoms with Crippen LogP contribution in [0.25, 0.3) is 0 Å². The molecule has 7 heteroatoms. The zero-order valence-electron chi connectivity index (χ0n) is 16.3. The number of piperazine rings is 1. The standard InChI is InChI=1S/C22H25F2N3O2/c23-19-5-6-22(21(24)16-19)29-14-12-27-10-8-26(9-11-27)7-2-13-28-20-4-1-3-18(15-20)17-25/h1,3-6,15-16H,2,7-14H2. The highest BCUT2D eigenvalue weighted by molar-refractivity contribution is 5.36. The molecule has 1 aliphatic heterocycles. The van der Waals surface area contributed by atoms with Gasteiger partial charge in [-0.05, 0) is 36.8 Å². The molecule has 2 aromatic carbocycles. The molecule has 154 valence electrons. The molecule has 0 N–H and O–H groups in total. The van der Waals surface area contributed by atoms with Crippen LogP contribution in [0.15, 0.2) is 42.5 Å². The molecular weight excluding hydrogens is 376 g/mol. The molecule has 0 aromatic heterocycles. The number of rotatable bonds is 9. The van der Waals surface area contributed by atoms with Gasteiger partial charge >= 0.3 is 0 Å². The Morgan fingerprint density at radius 1 is 0.897 bits per heavy atom. The summed E-state index contributed by atoms with van der Waals surface area (Å²) in [4.78, 5) is 4.67. The van der Waals surface area contributed by atoms with Gasteiger partial charge in [-0.2, -0.15) is 5.26 Å². The molecule has 1 fully saturated rings. The molecule has 0 unspecified atom stereocenters. The molecule has 1 saturated heterocycles. The lowest BCUT2D eigenvalue weighted by molar-refractivity contribution is 0.111. The average Bonchev–Trinajstić information content (AvgIpc) is 2.74. The molecule has 3 rings (SSSR count). The van der Waals surface area contributed by atoms with Crippen LogP contribution in [-0.4, -0.2) is 62.3 Å². The molecular formula is C22H25F2N3O2. The number of nitriles is 1. The van der Waals surface area contributed by atoms with Crippen LogP contribution >= 0.6 is 0 Å². The summed E-state index contributed by atoms with van der Waals surface area (Å²) in [6, 6.07) is 12.6. The van der Waals surface area contributed by atoms with Crippen LogP contribution in [0.1, 0.15) is 12.0 Å². The van der Waals surface area contributed by atoms with Crippen molar-refractivity contribution in [2.45, 2.75) is 6.42 Å². The number of hydrogen-bond donors (Lipinski definition) is 0. The van der Waals surface area contributed by atoms with Crippen molar-refractivity contribution in [3.8, 4) is 17.6 Å². The minimum atomic E-state index is -0.670. The second-order valence-electron chi connectivity index (χ2n) is 6.95. The Bertz CT molecular complexity index is 833. The minimum Gasteiger partial charge on any atom is -0.494 e. The van der Waals surface area contributed by atoms with Crippen LogP contribution in [-0.2, 0) is 0 Å². The van der Waals surface area contributed by atoms with E-state index in [1.165, 1.54) is 12.1 Å². The fraction of sp³-hybridized carbons (Fsp3) is 0.409. The first-order chi connectivity index (χ1) is 14.1.